The number of amides is 1. The number of carbonyl (C=O) groups excluding carboxylic acids is 1. The average Bonchev–Trinajstić information content (AvgIpc) is 3.12. The molecule has 3 rings (SSSR count). The van der Waals surface area contributed by atoms with Crippen molar-refractivity contribution in [2.75, 3.05) is 19.6 Å². The van der Waals surface area contributed by atoms with Crippen molar-refractivity contribution >= 4 is 18.3 Å². The van der Waals surface area contributed by atoms with Crippen LogP contribution in [-0.4, -0.2) is 30.4 Å². The van der Waals surface area contributed by atoms with Crippen LogP contribution in [0.5, 0.6) is 0 Å². The molecule has 2 heterocycles. The number of hydrogen-bond acceptors (Lipinski definition) is 2. The quantitative estimate of drug-likeness (QED) is 0.816. The van der Waals surface area contributed by atoms with Crippen molar-refractivity contribution in [2.45, 2.75) is 50.7 Å². The molecule has 3 nitrogen and oxygen atoms in total. The minimum Gasteiger partial charge on any atom is -0.336 e. The Hall–Kier alpha value is -1.27. The van der Waals surface area contributed by atoms with Gasteiger partial charge in [-0.1, -0.05) is 12.1 Å². The van der Waals surface area contributed by atoms with E-state index in [-0.39, 0.29) is 24.4 Å². The SMILES string of the molecule is Cl.O=C(CCC1CCNC1)N1CCCCC1c1ccc(C(F)(F)F)cc1. The van der Waals surface area contributed by atoms with Crippen LogP contribution < -0.4 is 5.32 Å². The minimum absolute atomic E-state index is 0. The molecule has 2 fully saturated rings. The van der Waals surface area contributed by atoms with Gasteiger partial charge in [0.15, 0.2) is 0 Å². The number of benzene rings is 1. The number of piperidine rings is 1. The molecule has 2 aliphatic rings. The minimum atomic E-state index is -4.32. The lowest BCUT2D eigenvalue weighted by Gasteiger charge is -2.36. The van der Waals surface area contributed by atoms with Crippen molar-refractivity contribution < 1.29 is 18.0 Å². The highest BCUT2D eigenvalue weighted by atomic mass is 35.5. The van der Waals surface area contributed by atoms with Crippen LogP contribution in [0.1, 0.15) is 55.7 Å². The number of rotatable bonds is 4. The summed E-state index contributed by atoms with van der Waals surface area (Å²) in [5.74, 6) is 0.703. The van der Waals surface area contributed by atoms with Gasteiger partial charge in [-0.15, -0.1) is 12.4 Å². The maximum Gasteiger partial charge on any atom is 0.416 e. The number of alkyl halides is 3. The highest BCUT2D eigenvalue weighted by molar-refractivity contribution is 5.85. The number of halogens is 4. The predicted octanol–water partition coefficient (Wildman–Crippen LogP) is 4.57. The van der Waals surface area contributed by atoms with Crippen molar-refractivity contribution in [1.82, 2.24) is 10.2 Å². The van der Waals surface area contributed by atoms with Crippen molar-refractivity contribution in [2.24, 2.45) is 5.92 Å². The van der Waals surface area contributed by atoms with Gasteiger partial charge in [0.1, 0.15) is 0 Å². The Bertz CT molecular complexity index is 585. The van der Waals surface area contributed by atoms with E-state index in [0.29, 0.717) is 18.9 Å². The van der Waals surface area contributed by atoms with E-state index in [1.54, 1.807) is 0 Å². The van der Waals surface area contributed by atoms with Gasteiger partial charge in [-0.05, 0) is 68.8 Å². The van der Waals surface area contributed by atoms with E-state index in [9.17, 15) is 18.0 Å². The van der Waals surface area contributed by atoms with Gasteiger partial charge in [-0.25, -0.2) is 0 Å². The maximum absolute atomic E-state index is 12.7. The van der Waals surface area contributed by atoms with E-state index in [1.165, 1.54) is 12.1 Å². The van der Waals surface area contributed by atoms with Crippen LogP contribution in [0.4, 0.5) is 13.2 Å². The Kier molecular flexibility index (Phi) is 7.35. The fourth-order valence-electron chi connectivity index (χ4n) is 3.90. The molecule has 2 atom stereocenters. The molecular formula is C19H26ClF3N2O. The maximum atomic E-state index is 12.7. The molecule has 0 saturated carbocycles. The van der Waals surface area contributed by atoms with Gasteiger partial charge in [-0.2, -0.15) is 13.2 Å². The van der Waals surface area contributed by atoms with Gasteiger partial charge >= 0.3 is 6.18 Å². The second-order valence-electron chi connectivity index (χ2n) is 7.12. The molecular weight excluding hydrogens is 365 g/mol. The van der Waals surface area contributed by atoms with Gasteiger partial charge in [0.25, 0.3) is 0 Å². The van der Waals surface area contributed by atoms with Crippen LogP contribution in [0.3, 0.4) is 0 Å². The van der Waals surface area contributed by atoms with E-state index in [0.717, 1.165) is 62.9 Å². The van der Waals surface area contributed by atoms with E-state index in [2.05, 4.69) is 5.32 Å². The summed E-state index contributed by atoms with van der Waals surface area (Å²) >= 11 is 0. The van der Waals surface area contributed by atoms with Crippen molar-refractivity contribution in [1.29, 1.82) is 0 Å². The molecule has 0 spiro atoms. The summed E-state index contributed by atoms with van der Waals surface area (Å²) in [6.45, 7) is 2.71. The van der Waals surface area contributed by atoms with Crippen LogP contribution >= 0.6 is 12.4 Å². The lowest BCUT2D eigenvalue weighted by molar-refractivity contribution is -0.138. The predicted molar refractivity (Wildman–Crippen MR) is 97.2 cm³/mol. The zero-order valence-electron chi connectivity index (χ0n) is 14.7. The van der Waals surface area contributed by atoms with E-state index in [4.69, 9.17) is 0 Å². The summed E-state index contributed by atoms with van der Waals surface area (Å²) in [5, 5.41) is 3.31. The van der Waals surface area contributed by atoms with E-state index >= 15 is 0 Å². The second-order valence-corrected chi connectivity index (χ2v) is 7.12. The highest BCUT2D eigenvalue weighted by Gasteiger charge is 2.32. The number of nitrogens with zero attached hydrogens (tertiary/aromatic N) is 1. The van der Waals surface area contributed by atoms with Crippen molar-refractivity contribution in [3.63, 3.8) is 0 Å². The molecule has 0 radical (unpaired) electrons. The molecule has 0 aromatic heterocycles. The zero-order valence-corrected chi connectivity index (χ0v) is 15.5. The first-order valence-corrected chi connectivity index (χ1v) is 9.12. The lowest BCUT2D eigenvalue weighted by Crippen LogP contribution is -2.38. The third-order valence-electron chi connectivity index (χ3n) is 5.37. The number of nitrogens with one attached hydrogen (secondary N) is 1. The summed E-state index contributed by atoms with van der Waals surface area (Å²) in [7, 11) is 0. The van der Waals surface area contributed by atoms with Crippen molar-refractivity contribution in [3.8, 4) is 0 Å². The van der Waals surface area contributed by atoms with Crippen LogP contribution in [0.25, 0.3) is 0 Å². The van der Waals surface area contributed by atoms with Gasteiger partial charge in [-0.3, -0.25) is 4.79 Å². The third kappa shape index (κ3) is 5.13. The Balaban J connectivity index is 0.00000243. The normalized spacial score (nSPS) is 23.6. The molecule has 7 heteroatoms. The third-order valence-corrected chi connectivity index (χ3v) is 5.37. The Morgan fingerprint density at radius 2 is 1.88 bits per heavy atom. The monoisotopic (exact) mass is 390 g/mol. The standard InChI is InChI=1S/C19H25F3N2O.ClH/c20-19(21,22)16-7-5-15(6-8-16)17-3-1-2-12-24(17)18(25)9-4-14-10-11-23-13-14;/h5-8,14,17,23H,1-4,9-13H2;1H. The molecule has 1 N–H and O–H groups in total. The highest BCUT2D eigenvalue weighted by Crippen LogP contribution is 2.34. The van der Waals surface area contributed by atoms with Gasteiger partial charge in [0, 0.05) is 13.0 Å². The lowest BCUT2D eigenvalue weighted by atomic mass is 9.93. The molecule has 2 saturated heterocycles. The van der Waals surface area contributed by atoms with Crippen LogP contribution in [0.2, 0.25) is 0 Å². The Morgan fingerprint density at radius 1 is 1.15 bits per heavy atom. The van der Waals surface area contributed by atoms with Gasteiger partial charge in [0.05, 0.1) is 11.6 Å². The topological polar surface area (TPSA) is 32.3 Å². The molecule has 26 heavy (non-hydrogen) atoms. The molecule has 2 unspecified atom stereocenters. The van der Waals surface area contributed by atoms with Gasteiger partial charge in [0.2, 0.25) is 5.91 Å². The molecule has 0 aliphatic carbocycles. The first-order valence-electron chi connectivity index (χ1n) is 9.12. The zero-order chi connectivity index (χ0) is 17.9. The molecule has 1 aromatic carbocycles. The second kappa shape index (κ2) is 9.09. The Morgan fingerprint density at radius 3 is 2.50 bits per heavy atom. The summed E-state index contributed by atoms with van der Waals surface area (Å²) in [6, 6.07) is 5.21. The smallest absolute Gasteiger partial charge is 0.336 e. The number of carbonyl (C=O) groups is 1. The number of likely N-dealkylation sites (tertiary alicyclic amines) is 1. The van der Waals surface area contributed by atoms with Gasteiger partial charge < -0.3 is 10.2 Å². The number of hydrogen-bond donors (Lipinski definition) is 1. The summed E-state index contributed by atoms with van der Waals surface area (Å²) in [4.78, 5) is 14.6. The molecule has 146 valence electrons. The molecule has 1 aromatic rings. The van der Waals surface area contributed by atoms with Crippen LogP contribution in [0, 0.1) is 5.92 Å². The van der Waals surface area contributed by atoms with E-state index in [1.807, 2.05) is 4.90 Å². The Labute approximate surface area is 158 Å². The summed E-state index contributed by atoms with van der Waals surface area (Å²) in [5.41, 5.74) is 0.169. The molecule has 1 amide bonds. The van der Waals surface area contributed by atoms with Crippen LogP contribution in [0.15, 0.2) is 24.3 Å². The van der Waals surface area contributed by atoms with Crippen molar-refractivity contribution in [3.05, 3.63) is 35.4 Å². The average molecular weight is 391 g/mol. The first kappa shape index (κ1) is 21.0. The first-order chi connectivity index (χ1) is 11.9. The van der Waals surface area contributed by atoms with E-state index < -0.39 is 11.7 Å². The summed E-state index contributed by atoms with van der Waals surface area (Å²) < 4.78 is 38.2. The summed E-state index contributed by atoms with van der Waals surface area (Å²) in [6.07, 6.45) is 1.01. The molecule has 0 bridgehead atoms. The molecule has 2 aliphatic heterocycles. The fraction of sp³-hybridized carbons (Fsp3) is 0.632. The fourth-order valence-corrected chi connectivity index (χ4v) is 3.90. The van der Waals surface area contributed by atoms with Crippen LogP contribution in [-0.2, 0) is 11.0 Å². The largest absolute Gasteiger partial charge is 0.416 e.